The van der Waals surface area contributed by atoms with Crippen LogP contribution in [0.4, 0.5) is 0 Å². The minimum absolute atomic E-state index is 0.792. The zero-order chi connectivity index (χ0) is 14.2. The van der Waals surface area contributed by atoms with Gasteiger partial charge in [0, 0.05) is 12.4 Å². The van der Waals surface area contributed by atoms with E-state index >= 15 is 0 Å². The van der Waals surface area contributed by atoms with Crippen molar-refractivity contribution in [2.45, 2.75) is 26.7 Å². The zero-order valence-electron chi connectivity index (χ0n) is 12.2. The highest BCUT2D eigenvalue weighted by Gasteiger charge is 1.97. The molecule has 0 radical (unpaired) electrons. The molecular weight excluding hydrogens is 246 g/mol. The summed E-state index contributed by atoms with van der Waals surface area (Å²) in [7, 11) is 0. The molecule has 2 heteroatoms. The Labute approximate surface area is 121 Å². The largest absolute Gasteiger partial charge is 0.494 e. The third-order valence-corrected chi connectivity index (χ3v) is 3.15. The van der Waals surface area contributed by atoms with Crippen LogP contribution in [0.5, 0.6) is 5.75 Å². The van der Waals surface area contributed by atoms with Crippen LogP contribution in [0.1, 0.15) is 37.8 Å². The van der Waals surface area contributed by atoms with Crippen LogP contribution in [0.3, 0.4) is 0 Å². The van der Waals surface area contributed by atoms with E-state index < -0.39 is 0 Å². The lowest BCUT2D eigenvalue weighted by Crippen LogP contribution is -1.95. The van der Waals surface area contributed by atoms with Crippen molar-refractivity contribution in [1.82, 2.24) is 4.98 Å². The molecule has 0 aliphatic rings. The Morgan fingerprint density at radius 3 is 2.65 bits per heavy atom. The molecule has 1 aromatic carbocycles. The first-order valence-electron chi connectivity index (χ1n) is 7.11. The summed E-state index contributed by atoms with van der Waals surface area (Å²) in [5.74, 6) is 0.939. The maximum atomic E-state index is 5.66. The first-order valence-corrected chi connectivity index (χ1v) is 7.11. The molecule has 0 unspecified atom stereocenters. The van der Waals surface area contributed by atoms with Crippen molar-refractivity contribution < 1.29 is 4.74 Å². The van der Waals surface area contributed by atoms with Gasteiger partial charge in [0.15, 0.2) is 0 Å². The Morgan fingerprint density at radius 2 is 2.00 bits per heavy atom. The first kappa shape index (κ1) is 14.3. The molecule has 0 bridgehead atoms. The topological polar surface area (TPSA) is 22.1 Å². The van der Waals surface area contributed by atoms with Gasteiger partial charge >= 0.3 is 0 Å². The van der Waals surface area contributed by atoms with Crippen molar-refractivity contribution in [1.29, 1.82) is 0 Å². The van der Waals surface area contributed by atoms with Gasteiger partial charge in [-0.25, -0.2) is 0 Å². The fourth-order valence-electron chi connectivity index (χ4n) is 1.92. The van der Waals surface area contributed by atoms with Gasteiger partial charge in [0.2, 0.25) is 0 Å². The van der Waals surface area contributed by atoms with Gasteiger partial charge in [-0.1, -0.05) is 37.6 Å². The summed E-state index contributed by atoms with van der Waals surface area (Å²) in [6.45, 7) is 5.06. The maximum Gasteiger partial charge on any atom is 0.119 e. The summed E-state index contributed by atoms with van der Waals surface area (Å²) in [4.78, 5) is 4.14. The predicted molar refractivity (Wildman–Crippen MR) is 84.6 cm³/mol. The number of allylic oxidation sites excluding steroid dienone is 1. The lowest BCUT2D eigenvalue weighted by atomic mass is 10.1. The van der Waals surface area contributed by atoms with Gasteiger partial charge in [0.05, 0.1) is 6.61 Å². The summed E-state index contributed by atoms with van der Waals surface area (Å²) < 4.78 is 5.66. The van der Waals surface area contributed by atoms with Crippen molar-refractivity contribution in [2.75, 3.05) is 6.61 Å². The number of benzene rings is 1. The van der Waals surface area contributed by atoms with E-state index in [-0.39, 0.29) is 0 Å². The van der Waals surface area contributed by atoms with Gasteiger partial charge in [-0.3, -0.25) is 4.98 Å². The first-order chi connectivity index (χ1) is 9.79. The highest BCUT2D eigenvalue weighted by Crippen LogP contribution is 2.19. The van der Waals surface area contributed by atoms with Crippen LogP contribution < -0.4 is 4.74 Å². The molecule has 0 aliphatic carbocycles. The molecule has 0 aliphatic heterocycles. The Bertz CT molecular complexity index is 543. The quantitative estimate of drug-likeness (QED) is 0.700. The Hall–Kier alpha value is -2.09. The van der Waals surface area contributed by atoms with Crippen molar-refractivity contribution in [3.8, 4) is 5.75 Å². The molecule has 2 nitrogen and oxygen atoms in total. The van der Waals surface area contributed by atoms with Crippen molar-refractivity contribution >= 4 is 11.6 Å². The Morgan fingerprint density at radius 1 is 1.20 bits per heavy atom. The predicted octanol–water partition coefficient (Wildman–Crippen LogP) is 4.82. The fourth-order valence-corrected chi connectivity index (χ4v) is 1.92. The molecule has 1 aromatic heterocycles. The van der Waals surface area contributed by atoms with Crippen molar-refractivity contribution in [3.63, 3.8) is 0 Å². The summed E-state index contributed by atoms with van der Waals surface area (Å²) >= 11 is 0. The number of pyridine rings is 1. The van der Waals surface area contributed by atoms with Crippen LogP contribution in [0.15, 0.2) is 48.8 Å². The summed E-state index contributed by atoms with van der Waals surface area (Å²) in [5, 5.41) is 0. The zero-order valence-corrected chi connectivity index (χ0v) is 12.2. The van der Waals surface area contributed by atoms with E-state index in [0.717, 1.165) is 30.8 Å². The molecule has 2 rings (SSSR count). The number of rotatable bonds is 6. The number of hydrogen-bond donors (Lipinski definition) is 0. The van der Waals surface area contributed by atoms with Crippen LogP contribution in [-0.4, -0.2) is 11.6 Å². The molecule has 1 heterocycles. The molecular formula is C18H21NO. The summed E-state index contributed by atoms with van der Waals surface area (Å²) in [6, 6.07) is 12.2. The Balaban J connectivity index is 2.03. The third kappa shape index (κ3) is 4.23. The van der Waals surface area contributed by atoms with E-state index in [2.05, 4.69) is 43.1 Å². The van der Waals surface area contributed by atoms with Crippen LogP contribution in [0, 0.1) is 0 Å². The molecule has 0 N–H and O–H groups in total. The molecule has 0 atom stereocenters. The van der Waals surface area contributed by atoms with E-state index in [1.165, 1.54) is 11.1 Å². The second kappa shape index (κ2) is 7.49. The van der Waals surface area contributed by atoms with Crippen LogP contribution in [0.25, 0.3) is 11.6 Å². The minimum atomic E-state index is 0.792. The smallest absolute Gasteiger partial charge is 0.119 e. The molecule has 0 spiro atoms. The van der Waals surface area contributed by atoms with E-state index in [4.69, 9.17) is 4.74 Å². The van der Waals surface area contributed by atoms with Gasteiger partial charge in [-0.05, 0) is 48.2 Å². The molecule has 20 heavy (non-hydrogen) atoms. The molecule has 0 amide bonds. The monoisotopic (exact) mass is 267 g/mol. The fraction of sp³-hybridized carbons (Fsp3) is 0.278. The Kier molecular flexibility index (Phi) is 5.36. The SMILES string of the molecule is CCCCOc1ccc(C=C(C)c2cccnc2)cc1. The highest BCUT2D eigenvalue weighted by molar-refractivity contribution is 5.79. The van der Waals surface area contributed by atoms with Gasteiger partial charge in [-0.15, -0.1) is 0 Å². The summed E-state index contributed by atoms with van der Waals surface area (Å²) in [6.07, 6.45) is 8.09. The average Bonchev–Trinajstić information content (AvgIpc) is 2.50. The molecule has 0 fully saturated rings. The van der Waals surface area contributed by atoms with Gasteiger partial charge in [0.25, 0.3) is 0 Å². The molecule has 0 saturated carbocycles. The van der Waals surface area contributed by atoms with Crippen LogP contribution in [-0.2, 0) is 0 Å². The average molecular weight is 267 g/mol. The summed E-state index contributed by atoms with van der Waals surface area (Å²) in [5.41, 5.74) is 3.53. The number of ether oxygens (including phenoxy) is 1. The number of aromatic nitrogens is 1. The van der Waals surface area contributed by atoms with E-state index in [9.17, 15) is 0 Å². The lowest BCUT2D eigenvalue weighted by Gasteiger charge is -2.06. The minimum Gasteiger partial charge on any atom is -0.494 e. The third-order valence-electron chi connectivity index (χ3n) is 3.15. The molecule has 104 valence electrons. The van der Waals surface area contributed by atoms with Crippen LogP contribution >= 0.6 is 0 Å². The molecule has 2 aromatic rings. The number of hydrogen-bond acceptors (Lipinski definition) is 2. The van der Waals surface area contributed by atoms with Gasteiger partial charge < -0.3 is 4.74 Å². The van der Waals surface area contributed by atoms with Gasteiger partial charge in [-0.2, -0.15) is 0 Å². The standard InChI is InChI=1S/C18H21NO/c1-3-4-12-20-18-9-7-16(8-10-18)13-15(2)17-6-5-11-19-14-17/h5-11,13-14H,3-4,12H2,1-2H3. The van der Waals surface area contributed by atoms with Gasteiger partial charge in [0.1, 0.15) is 5.75 Å². The normalized spacial score (nSPS) is 11.4. The van der Waals surface area contributed by atoms with E-state index in [0.29, 0.717) is 0 Å². The molecule has 0 saturated heterocycles. The second-order valence-corrected chi connectivity index (χ2v) is 4.84. The lowest BCUT2D eigenvalue weighted by molar-refractivity contribution is 0.309. The van der Waals surface area contributed by atoms with E-state index in [1.54, 1.807) is 6.20 Å². The van der Waals surface area contributed by atoms with E-state index in [1.807, 2.05) is 24.4 Å². The maximum absolute atomic E-state index is 5.66. The van der Waals surface area contributed by atoms with Crippen molar-refractivity contribution in [3.05, 3.63) is 59.9 Å². The number of unbranched alkanes of at least 4 members (excludes halogenated alkanes) is 1. The number of nitrogens with zero attached hydrogens (tertiary/aromatic N) is 1. The van der Waals surface area contributed by atoms with Crippen molar-refractivity contribution in [2.24, 2.45) is 0 Å². The second-order valence-electron chi connectivity index (χ2n) is 4.84. The van der Waals surface area contributed by atoms with Crippen LogP contribution in [0.2, 0.25) is 0 Å². The highest BCUT2D eigenvalue weighted by atomic mass is 16.5.